The Kier molecular flexibility index (Phi) is 5.20. The maximum absolute atomic E-state index is 13.0. The number of hydrogen-bond donors (Lipinski definition) is 3. The number of piperidine rings is 1. The zero-order chi connectivity index (χ0) is 18.8. The van der Waals surface area contributed by atoms with E-state index in [1.165, 1.54) is 0 Å². The fraction of sp³-hybridized carbons (Fsp3) is 0.526. The Morgan fingerprint density at radius 2 is 2.15 bits per heavy atom. The molecule has 144 valence electrons. The highest BCUT2D eigenvalue weighted by Crippen LogP contribution is 2.29. The van der Waals surface area contributed by atoms with Crippen LogP contribution in [0.25, 0.3) is 0 Å². The summed E-state index contributed by atoms with van der Waals surface area (Å²) in [6.45, 7) is 4.10. The van der Waals surface area contributed by atoms with Gasteiger partial charge < -0.3 is 20.3 Å². The van der Waals surface area contributed by atoms with E-state index in [0.29, 0.717) is 38.2 Å². The second-order valence-electron chi connectivity index (χ2n) is 7.18. The highest BCUT2D eigenvalue weighted by Gasteiger charge is 2.39. The summed E-state index contributed by atoms with van der Waals surface area (Å²) in [5.74, 6) is -0.786. The molecule has 0 saturated carbocycles. The van der Waals surface area contributed by atoms with Crippen LogP contribution in [0, 0.1) is 0 Å². The molecule has 1 unspecified atom stereocenters. The predicted molar refractivity (Wildman–Crippen MR) is 96.8 cm³/mol. The quantitative estimate of drug-likeness (QED) is 0.604. The Labute approximate surface area is 157 Å². The smallest absolute Gasteiger partial charge is 0.255 e. The van der Waals surface area contributed by atoms with Crippen LogP contribution < -0.4 is 16.0 Å². The molecule has 2 fully saturated rings. The molecule has 3 heterocycles. The Hall–Kier alpha value is -2.29. The van der Waals surface area contributed by atoms with Crippen LogP contribution >= 0.6 is 0 Å². The largest absolute Gasteiger partial charge is 0.374 e. The Morgan fingerprint density at radius 1 is 1.26 bits per heavy atom. The molecule has 0 spiro atoms. The number of fused-ring (bicyclic) bond motifs is 1. The predicted octanol–water partition coefficient (Wildman–Crippen LogP) is -0.474. The number of hydrogen-bond acceptors (Lipinski definition) is 6. The number of amides is 3. The Balaban J connectivity index is 1.43. The fourth-order valence-electron chi connectivity index (χ4n) is 3.96. The number of rotatable bonds is 5. The molecule has 0 bridgehead atoms. The van der Waals surface area contributed by atoms with Crippen LogP contribution in [0.1, 0.15) is 34.3 Å². The average Bonchev–Trinajstić information content (AvgIpc) is 3.00. The van der Waals surface area contributed by atoms with Crippen molar-refractivity contribution < 1.29 is 19.1 Å². The summed E-state index contributed by atoms with van der Waals surface area (Å²) in [4.78, 5) is 38.1. The lowest BCUT2D eigenvalue weighted by Gasteiger charge is -2.29. The first-order valence-corrected chi connectivity index (χ1v) is 9.42. The van der Waals surface area contributed by atoms with Crippen molar-refractivity contribution in [2.75, 3.05) is 26.2 Å². The van der Waals surface area contributed by atoms with Crippen molar-refractivity contribution in [2.45, 2.75) is 38.1 Å². The molecular formula is C19H24N4O4. The molecule has 3 amide bonds. The number of carbonyl (C=O) groups is 3. The molecule has 0 aromatic heterocycles. The Bertz CT molecular complexity index is 760. The summed E-state index contributed by atoms with van der Waals surface area (Å²) in [7, 11) is 0. The highest BCUT2D eigenvalue weighted by molar-refractivity contribution is 6.05. The first kappa shape index (κ1) is 18.1. The van der Waals surface area contributed by atoms with Gasteiger partial charge in [0.2, 0.25) is 11.8 Å². The summed E-state index contributed by atoms with van der Waals surface area (Å²) >= 11 is 0. The van der Waals surface area contributed by atoms with Crippen molar-refractivity contribution >= 4 is 17.7 Å². The maximum Gasteiger partial charge on any atom is 0.255 e. The van der Waals surface area contributed by atoms with E-state index >= 15 is 0 Å². The van der Waals surface area contributed by atoms with Crippen molar-refractivity contribution in [3.8, 4) is 0 Å². The molecule has 0 radical (unpaired) electrons. The monoisotopic (exact) mass is 372 g/mol. The summed E-state index contributed by atoms with van der Waals surface area (Å²) < 4.78 is 5.67. The second kappa shape index (κ2) is 7.75. The van der Waals surface area contributed by atoms with Gasteiger partial charge >= 0.3 is 0 Å². The number of benzene rings is 1. The van der Waals surface area contributed by atoms with Gasteiger partial charge in [0.25, 0.3) is 5.91 Å². The SMILES string of the molecule is O=C1CCC(N2Cc3cccc(CNC[C@@H]4CNCCO4)c3C2=O)C(=O)N1. The average molecular weight is 372 g/mol. The van der Waals surface area contributed by atoms with Crippen molar-refractivity contribution in [1.82, 2.24) is 20.9 Å². The molecular weight excluding hydrogens is 348 g/mol. The first-order valence-electron chi connectivity index (χ1n) is 9.42. The van der Waals surface area contributed by atoms with Crippen molar-refractivity contribution in [1.29, 1.82) is 0 Å². The molecule has 3 aliphatic heterocycles. The minimum Gasteiger partial charge on any atom is -0.374 e. The van der Waals surface area contributed by atoms with Gasteiger partial charge in [-0.05, 0) is 17.5 Å². The first-order chi connectivity index (χ1) is 13.1. The number of carbonyl (C=O) groups excluding carboxylic acids is 3. The van der Waals surface area contributed by atoms with E-state index < -0.39 is 6.04 Å². The van der Waals surface area contributed by atoms with Gasteiger partial charge in [0, 0.05) is 44.7 Å². The molecule has 8 heteroatoms. The van der Waals surface area contributed by atoms with Crippen LogP contribution in [-0.4, -0.2) is 61.0 Å². The van der Waals surface area contributed by atoms with Gasteiger partial charge in [-0.2, -0.15) is 0 Å². The number of ether oxygens (including phenoxy) is 1. The molecule has 0 aliphatic carbocycles. The molecule has 27 heavy (non-hydrogen) atoms. The fourth-order valence-corrected chi connectivity index (χ4v) is 3.96. The molecule has 4 rings (SSSR count). The van der Waals surface area contributed by atoms with Crippen LogP contribution in [0.5, 0.6) is 0 Å². The second-order valence-corrected chi connectivity index (χ2v) is 7.18. The third-order valence-electron chi connectivity index (χ3n) is 5.33. The summed E-state index contributed by atoms with van der Waals surface area (Å²) in [6.07, 6.45) is 0.774. The number of imide groups is 1. The molecule has 3 aliphatic rings. The van der Waals surface area contributed by atoms with E-state index in [1.807, 2.05) is 18.2 Å². The van der Waals surface area contributed by atoms with E-state index in [-0.39, 0.29) is 30.2 Å². The van der Waals surface area contributed by atoms with Crippen molar-refractivity contribution in [3.63, 3.8) is 0 Å². The van der Waals surface area contributed by atoms with Gasteiger partial charge in [-0.3, -0.25) is 19.7 Å². The van der Waals surface area contributed by atoms with E-state index in [9.17, 15) is 14.4 Å². The van der Waals surface area contributed by atoms with Gasteiger partial charge in [-0.25, -0.2) is 0 Å². The number of morpholine rings is 1. The van der Waals surface area contributed by atoms with Crippen molar-refractivity contribution in [3.05, 3.63) is 34.9 Å². The molecule has 1 aromatic rings. The third kappa shape index (κ3) is 3.73. The topological polar surface area (TPSA) is 99.8 Å². The molecule has 1 aromatic carbocycles. The van der Waals surface area contributed by atoms with Gasteiger partial charge in [0.1, 0.15) is 6.04 Å². The molecule has 2 saturated heterocycles. The zero-order valence-corrected chi connectivity index (χ0v) is 15.1. The molecule has 3 N–H and O–H groups in total. The van der Waals surface area contributed by atoms with Crippen LogP contribution in [0.4, 0.5) is 0 Å². The van der Waals surface area contributed by atoms with E-state index in [1.54, 1.807) is 4.90 Å². The number of nitrogens with one attached hydrogen (secondary N) is 3. The Morgan fingerprint density at radius 3 is 2.93 bits per heavy atom. The van der Waals surface area contributed by atoms with Gasteiger partial charge in [0.15, 0.2) is 0 Å². The third-order valence-corrected chi connectivity index (χ3v) is 5.33. The van der Waals surface area contributed by atoms with Crippen molar-refractivity contribution in [2.24, 2.45) is 0 Å². The normalized spacial score (nSPS) is 25.5. The lowest BCUT2D eigenvalue weighted by atomic mass is 10.0. The lowest BCUT2D eigenvalue weighted by molar-refractivity contribution is -0.136. The summed E-state index contributed by atoms with van der Waals surface area (Å²) in [6, 6.07) is 5.23. The summed E-state index contributed by atoms with van der Waals surface area (Å²) in [5, 5.41) is 9.00. The van der Waals surface area contributed by atoms with Gasteiger partial charge in [0.05, 0.1) is 12.7 Å². The molecule has 2 atom stereocenters. The van der Waals surface area contributed by atoms with E-state index in [4.69, 9.17) is 4.74 Å². The van der Waals surface area contributed by atoms with Crippen LogP contribution in [0.2, 0.25) is 0 Å². The minimum absolute atomic E-state index is 0.131. The van der Waals surface area contributed by atoms with Crippen LogP contribution in [0.15, 0.2) is 18.2 Å². The van der Waals surface area contributed by atoms with Gasteiger partial charge in [-0.15, -0.1) is 0 Å². The standard InChI is InChI=1S/C19H24N4O4/c24-16-5-4-15(18(25)22-16)23-11-13-3-1-2-12(17(13)19(23)26)8-21-10-14-9-20-6-7-27-14/h1-3,14-15,20-21H,4-11H2,(H,22,24,25)/t14-,15?/m0/s1. The van der Waals surface area contributed by atoms with E-state index in [0.717, 1.165) is 24.2 Å². The zero-order valence-electron chi connectivity index (χ0n) is 15.1. The van der Waals surface area contributed by atoms with Gasteiger partial charge in [-0.1, -0.05) is 18.2 Å². The molecule has 8 nitrogen and oxygen atoms in total. The lowest BCUT2D eigenvalue weighted by Crippen LogP contribution is -2.52. The van der Waals surface area contributed by atoms with Crippen LogP contribution in [-0.2, 0) is 27.4 Å². The maximum atomic E-state index is 13.0. The van der Waals surface area contributed by atoms with E-state index in [2.05, 4.69) is 16.0 Å². The number of nitrogens with zero attached hydrogens (tertiary/aromatic N) is 1. The minimum atomic E-state index is -0.579. The highest BCUT2D eigenvalue weighted by atomic mass is 16.5. The summed E-state index contributed by atoms with van der Waals surface area (Å²) in [5.41, 5.74) is 2.54. The van der Waals surface area contributed by atoms with Crippen LogP contribution in [0.3, 0.4) is 0 Å².